The third-order valence-corrected chi connectivity index (χ3v) is 4.05. The fourth-order valence-electron chi connectivity index (χ4n) is 2.70. The highest BCUT2D eigenvalue weighted by molar-refractivity contribution is 6.00. The molecule has 1 aromatic carbocycles. The lowest BCUT2D eigenvalue weighted by atomic mass is 10.1. The van der Waals surface area contributed by atoms with Gasteiger partial charge in [-0.05, 0) is 19.0 Å². The Bertz CT molecular complexity index is 606. The predicted molar refractivity (Wildman–Crippen MR) is 84.3 cm³/mol. The molecule has 0 saturated carbocycles. The normalized spacial score (nSPS) is 17.4. The Morgan fingerprint density at radius 2 is 2.05 bits per heavy atom. The summed E-state index contributed by atoms with van der Waals surface area (Å²) in [5.74, 6) is 0. The number of piperazine rings is 1. The molecule has 2 heterocycles. The minimum Gasteiger partial charge on any atom is -0.360 e. The summed E-state index contributed by atoms with van der Waals surface area (Å²) in [6, 6.07) is 6.47. The summed E-state index contributed by atoms with van der Waals surface area (Å²) < 4.78 is 0. The van der Waals surface area contributed by atoms with Gasteiger partial charge in [0.05, 0.1) is 6.21 Å². The summed E-state index contributed by atoms with van der Waals surface area (Å²) in [6.45, 7) is 6.38. The summed E-state index contributed by atoms with van der Waals surface area (Å²) in [5, 5.41) is 8.05. The van der Waals surface area contributed by atoms with Gasteiger partial charge in [-0.25, -0.2) is 0 Å². The summed E-state index contributed by atoms with van der Waals surface area (Å²) in [4.78, 5) is 5.72. The zero-order valence-corrected chi connectivity index (χ0v) is 12.3. The lowest BCUT2D eigenvalue weighted by molar-refractivity contribution is 0.159. The number of aromatic nitrogens is 1. The standard InChI is InChI=1S/C16H22N4/c1-3-13-5-4-6-15-14(11-17-16(13)15)12-18-20-9-7-19(2)8-10-20/h4-6,11-12,17H,3,7-10H2,1-2H3/b18-12+. The van der Waals surface area contributed by atoms with Gasteiger partial charge in [0.2, 0.25) is 0 Å². The van der Waals surface area contributed by atoms with Gasteiger partial charge in [-0.2, -0.15) is 5.10 Å². The molecule has 4 heteroatoms. The molecule has 3 rings (SSSR count). The molecular formula is C16H22N4. The monoisotopic (exact) mass is 270 g/mol. The number of fused-ring (bicyclic) bond motifs is 1. The van der Waals surface area contributed by atoms with E-state index >= 15 is 0 Å². The van der Waals surface area contributed by atoms with Crippen LogP contribution in [-0.2, 0) is 6.42 Å². The van der Waals surface area contributed by atoms with E-state index in [0.717, 1.165) is 32.6 Å². The number of aryl methyl sites for hydroxylation is 1. The van der Waals surface area contributed by atoms with Gasteiger partial charge in [0.25, 0.3) is 0 Å². The third-order valence-electron chi connectivity index (χ3n) is 4.05. The van der Waals surface area contributed by atoms with Crippen molar-refractivity contribution >= 4 is 17.1 Å². The highest BCUT2D eigenvalue weighted by atomic mass is 15.5. The second kappa shape index (κ2) is 5.67. The van der Waals surface area contributed by atoms with E-state index < -0.39 is 0 Å². The average Bonchev–Trinajstić information content (AvgIpc) is 2.90. The first kappa shape index (κ1) is 13.2. The number of H-pyrrole nitrogens is 1. The van der Waals surface area contributed by atoms with Gasteiger partial charge >= 0.3 is 0 Å². The topological polar surface area (TPSA) is 34.6 Å². The van der Waals surface area contributed by atoms with E-state index in [1.165, 1.54) is 22.0 Å². The van der Waals surface area contributed by atoms with Crippen molar-refractivity contribution in [3.8, 4) is 0 Å². The van der Waals surface area contributed by atoms with Crippen LogP contribution in [0.3, 0.4) is 0 Å². The van der Waals surface area contributed by atoms with Crippen LogP contribution in [0.2, 0.25) is 0 Å². The van der Waals surface area contributed by atoms with Crippen LogP contribution in [0.1, 0.15) is 18.1 Å². The Balaban J connectivity index is 1.81. The van der Waals surface area contributed by atoms with Gasteiger partial charge in [-0.3, -0.25) is 5.01 Å². The van der Waals surface area contributed by atoms with Crippen LogP contribution in [0.5, 0.6) is 0 Å². The Hall–Kier alpha value is -1.81. The number of nitrogens with zero attached hydrogens (tertiary/aromatic N) is 3. The first-order valence-corrected chi connectivity index (χ1v) is 7.34. The Morgan fingerprint density at radius 1 is 1.25 bits per heavy atom. The van der Waals surface area contributed by atoms with E-state index in [1.807, 2.05) is 6.21 Å². The highest BCUT2D eigenvalue weighted by Gasteiger charge is 2.11. The van der Waals surface area contributed by atoms with Gasteiger partial charge in [-0.15, -0.1) is 0 Å². The molecular weight excluding hydrogens is 248 g/mol. The molecule has 1 aromatic heterocycles. The van der Waals surface area contributed by atoms with Crippen LogP contribution < -0.4 is 0 Å². The Labute approximate surface area is 120 Å². The minimum absolute atomic E-state index is 1.01. The molecule has 2 aromatic rings. The smallest absolute Gasteiger partial charge is 0.0564 e. The second-order valence-electron chi connectivity index (χ2n) is 5.44. The van der Waals surface area contributed by atoms with Gasteiger partial charge in [0, 0.05) is 48.8 Å². The lowest BCUT2D eigenvalue weighted by Crippen LogP contribution is -2.41. The summed E-state index contributed by atoms with van der Waals surface area (Å²) in [7, 11) is 2.16. The van der Waals surface area contributed by atoms with Crippen molar-refractivity contribution in [2.45, 2.75) is 13.3 Å². The molecule has 1 aliphatic heterocycles. The molecule has 4 nitrogen and oxygen atoms in total. The summed E-state index contributed by atoms with van der Waals surface area (Å²) in [5.41, 5.74) is 3.78. The maximum Gasteiger partial charge on any atom is 0.0564 e. The molecule has 0 amide bonds. The molecule has 0 aliphatic carbocycles. The molecule has 1 fully saturated rings. The van der Waals surface area contributed by atoms with Gasteiger partial charge in [0.1, 0.15) is 0 Å². The fourth-order valence-corrected chi connectivity index (χ4v) is 2.70. The fraction of sp³-hybridized carbons (Fsp3) is 0.438. The average molecular weight is 270 g/mol. The van der Waals surface area contributed by atoms with Crippen LogP contribution in [-0.4, -0.2) is 54.3 Å². The van der Waals surface area contributed by atoms with Gasteiger partial charge < -0.3 is 9.88 Å². The Morgan fingerprint density at radius 3 is 2.80 bits per heavy atom. The highest BCUT2D eigenvalue weighted by Crippen LogP contribution is 2.21. The molecule has 106 valence electrons. The van der Waals surface area contributed by atoms with Crippen molar-refractivity contribution in [3.05, 3.63) is 35.5 Å². The zero-order chi connectivity index (χ0) is 13.9. The number of benzene rings is 1. The Kier molecular flexibility index (Phi) is 3.74. The van der Waals surface area contributed by atoms with E-state index in [-0.39, 0.29) is 0 Å². The summed E-state index contributed by atoms with van der Waals surface area (Å²) in [6.07, 6.45) is 5.10. The van der Waals surface area contributed by atoms with Crippen LogP contribution in [0, 0.1) is 0 Å². The molecule has 1 saturated heterocycles. The van der Waals surface area contributed by atoms with Crippen LogP contribution in [0.25, 0.3) is 10.9 Å². The predicted octanol–water partition coefficient (Wildman–Crippen LogP) is 2.31. The van der Waals surface area contributed by atoms with Crippen LogP contribution in [0.15, 0.2) is 29.5 Å². The molecule has 0 unspecified atom stereocenters. The first-order chi connectivity index (χ1) is 9.78. The van der Waals surface area contributed by atoms with Gasteiger partial charge in [-0.1, -0.05) is 25.1 Å². The maximum absolute atomic E-state index is 4.63. The number of rotatable bonds is 3. The molecule has 0 bridgehead atoms. The number of likely N-dealkylation sites (N-methyl/N-ethyl adjacent to an activating group) is 1. The maximum atomic E-state index is 4.63. The second-order valence-corrected chi connectivity index (χ2v) is 5.44. The number of para-hydroxylation sites is 1. The van der Waals surface area contributed by atoms with E-state index in [4.69, 9.17) is 0 Å². The van der Waals surface area contributed by atoms with E-state index in [1.54, 1.807) is 0 Å². The number of aromatic amines is 1. The third kappa shape index (κ3) is 2.56. The van der Waals surface area contributed by atoms with Crippen LogP contribution in [0.4, 0.5) is 0 Å². The van der Waals surface area contributed by atoms with Crippen molar-refractivity contribution in [2.75, 3.05) is 33.2 Å². The molecule has 1 aliphatic rings. The SMILES string of the molecule is CCc1cccc2c(/C=N/N3CCN(C)CC3)c[nH]c12. The van der Waals surface area contributed by atoms with E-state index in [0.29, 0.717) is 0 Å². The van der Waals surface area contributed by atoms with E-state index in [9.17, 15) is 0 Å². The molecule has 0 radical (unpaired) electrons. The van der Waals surface area contributed by atoms with Crippen molar-refractivity contribution in [1.29, 1.82) is 0 Å². The number of hydrogen-bond acceptors (Lipinski definition) is 3. The molecule has 0 spiro atoms. The lowest BCUT2D eigenvalue weighted by Gasteiger charge is -2.30. The number of hydrogen-bond donors (Lipinski definition) is 1. The molecule has 20 heavy (non-hydrogen) atoms. The van der Waals surface area contributed by atoms with E-state index in [2.05, 4.69) is 58.4 Å². The first-order valence-electron chi connectivity index (χ1n) is 7.34. The van der Waals surface area contributed by atoms with Gasteiger partial charge in [0.15, 0.2) is 0 Å². The molecule has 0 atom stereocenters. The molecule has 1 N–H and O–H groups in total. The largest absolute Gasteiger partial charge is 0.360 e. The quantitative estimate of drug-likeness (QED) is 0.869. The minimum atomic E-state index is 1.01. The van der Waals surface area contributed by atoms with Crippen molar-refractivity contribution < 1.29 is 0 Å². The summed E-state index contributed by atoms with van der Waals surface area (Å²) >= 11 is 0. The van der Waals surface area contributed by atoms with Crippen molar-refractivity contribution in [1.82, 2.24) is 14.9 Å². The number of hydrazone groups is 1. The number of nitrogens with one attached hydrogen (secondary N) is 1. The van der Waals surface area contributed by atoms with Crippen LogP contribution >= 0.6 is 0 Å². The van der Waals surface area contributed by atoms with Crippen molar-refractivity contribution in [3.63, 3.8) is 0 Å². The zero-order valence-electron chi connectivity index (χ0n) is 12.3. The van der Waals surface area contributed by atoms with Crippen molar-refractivity contribution in [2.24, 2.45) is 5.10 Å².